The largest absolute Gasteiger partial charge is 0.480 e. The van der Waals surface area contributed by atoms with Crippen molar-refractivity contribution in [2.45, 2.75) is 50.0 Å². The molecule has 11 heteroatoms. The van der Waals surface area contributed by atoms with Gasteiger partial charge in [-0.05, 0) is 44.1 Å². The van der Waals surface area contributed by atoms with Crippen LogP contribution in [-0.4, -0.2) is 32.3 Å². The predicted octanol–water partition coefficient (Wildman–Crippen LogP) is 4.51. The van der Waals surface area contributed by atoms with Crippen molar-refractivity contribution in [2.75, 3.05) is 5.32 Å². The van der Waals surface area contributed by atoms with Crippen LogP contribution in [0.25, 0.3) is 11.4 Å². The first-order chi connectivity index (χ1) is 17.4. The molecule has 0 aliphatic heterocycles. The number of carbonyl (C=O) groups is 2. The minimum atomic E-state index is -1.10. The summed E-state index contributed by atoms with van der Waals surface area (Å²) in [5.41, 5.74) is 0.861. The van der Waals surface area contributed by atoms with Crippen LogP contribution >= 0.6 is 0 Å². The SMILES string of the molecule is CC(OC(=O)Nc1c(C2CC2)noc1C#Cc1nc2nc(C3(C(=O)O)CC3)oc2o1)c1ccccc1. The summed E-state index contributed by atoms with van der Waals surface area (Å²) < 4.78 is 21.9. The van der Waals surface area contributed by atoms with Crippen LogP contribution in [-0.2, 0) is 14.9 Å². The normalized spacial score (nSPS) is 16.7. The number of benzene rings is 1. The molecular formula is C25H20N4O7. The standard InChI is InChI=1S/C25H20N4O7/c1-13(14-5-3-2-4-6-14)33-24(32)27-19-16(36-29-18(19)15-7-8-15)9-10-17-26-20-21(34-17)35-22(28-20)25(11-12-25)23(30)31/h2-6,13,15H,7-8,11-12H2,1H3,(H,27,32)(H,30,31). The van der Waals surface area contributed by atoms with E-state index in [0.717, 1.165) is 18.4 Å². The van der Waals surface area contributed by atoms with Gasteiger partial charge in [-0.1, -0.05) is 35.5 Å². The van der Waals surface area contributed by atoms with Crippen molar-refractivity contribution < 1.29 is 32.8 Å². The quantitative estimate of drug-likeness (QED) is 0.371. The second kappa shape index (κ2) is 8.27. The molecule has 1 amide bonds. The van der Waals surface area contributed by atoms with Gasteiger partial charge < -0.3 is 23.2 Å². The zero-order chi connectivity index (χ0) is 24.9. The van der Waals surface area contributed by atoms with Gasteiger partial charge in [-0.3, -0.25) is 10.1 Å². The lowest BCUT2D eigenvalue weighted by atomic mass is 10.1. The molecule has 6 rings (SSSR count). The zero-order valence-corrected chi connectivity index (χ0v) is 19.1. The molecule has 11 nitrogen and oxygen atoms in total. The highest BCUT2D eigenvalue weighted by atomic mass is 16.6. The fourth-order valence-electron chi connectivity index (χ4n) is 3.88. The number of aliphatic carboxylic acids is 1. The van der Waals surface area contributed by atoms with Crippen LogP contribution < -0.4 is 5.32 Å². The number of nitrogens with zero attached hydrogens (tertiary/aromatic N) is 3. The Hall–Kier alpha value is -4.59. The van der Waals surface area contributed by atoms with Crippen LogP contribution in [0.4, 0.5) is 10.5 Å². The number of amides is 1. The predicted molar refractivity (Wildman–Crippen MR) is 122 cm³/mol. The molecule has 182 valence electrons. The Morgan fingerprint density at radius 2 is 1.94 bits per heavy atom. The van der Waals surface area contributed by atoms with Crippen molar-refractivity contribution in [3.05, 3.63) is 59.1 Å². The Morgan fingerprint density at radius 1 is 1.17 bits per heavy atom. The van der Waals surface area contributed by atoms with Crippen molar-refractivity contribution in [2.24, 2.45) is 0 Å². The maximum Gasteiger partial charge on any atom is 0.412 e. The summed E-state index contributed by atoms with van der Waals surface area (Å²) >= 11 is 0. The van der Waals surface area contributed by atoms with E-state index in [1.54, 1.807) is 6.92 Å². The fraction of sp³-hybridized carbons (Fsp3) is 0.320. The molecule has 1 atom stereocenters. The van der Waals surface area contributed by atoms with Crippen molar-refractivity contribution in [3.63, 3.8) is 0 Å². The molecule has 1 unspecified atom stereocenters. The van der Waals surface area contributed by atoms with Gasteiger partial charge in [-0.25, -0.2) is 4.79 Å². The minimum Gasteiger partial charge on any atom is -0.480 e. The number of oxazole rings is 2. The van der Waals surface area contributed by atoms with Crippen LogP contribution in [0.15, 0.2) is 43.7 Å². The summed E-state index contributed by atoms with van der Waals surface area (Å²) in [6, 6.07) is 9.39. The van der Waals surface area contributed by atoms with E-state index in [1.807, 2.05) is 30.3 Å². The van der Waals surface area contributed by atoms with E-state index in [0.29, 0.717) is 24.2 Å². The number of fused-ring (bicyclic) bond motifs is 1. The molecule has 2 saturated carbocycles. The first kappa shape index (κ1) is 21.9. The van der Waals surface area contributed by atoms with Gasteiger partial charge in [0.2, 0.25) is 17.3 Å². The number of carboxylic acids is 1. The lowest BCUT2D eigenvalue weighted by molar-refractivity contribution is -0.140. The summed E-state index contributed by atoms with van der Waals surface area (Å²) in [5.74, 6) is 4.90. The highest BCUT2D eigenvalue weighted by molar-refractivity contribution is 5.87. The van der Waals surface area contributed by atoms with E-state index in [9.17, 15) is 14.7 Å². The molecule has 0 radical (unpaired) electrons. The van der Waals surface area contributed by atoms with Gasteiger partial charge in [0.15, 0.2) is 0 Å². The first-order valence-corrected chi connectivity index (χ1v) is 11.5. The van der Waals surface area contributed by atoms with E-state index in [1.165, 1.54) is 0 Å². The zero-order valence-electron chi connectivity index (χ0n) is 19.1. The van der Waals surface area contributed by atoms with Crippen molar-refractivity contribution in [1.82, 2.24) is 15.1 Å². The van der Waals surface area contributed by atoms with E-state index in [-0.39, 0.29) is 34.9 Å². The highest BCUT2D eigenvalue weighted by Crippen LogP contribution is 2.48. The molecule has 0 saturated heterocycles. The number of hydrogen-bond acceptors (Lipinski definition) is 9. The van der Waals surface area contributed by atoms with E-state index < -0.39 is 23.6 Å². The number of carboxylic acid groups (broad SMARTS) is 1. The van der Waals surface area contributed by atoms with Gasteiger partial charge in [0.1, 0.15) is 22.9 Å². The molecule has 1 aromatic carbocycles. The van der Waals surface area contributed by atoms with Crippen molar-refractivity contribution in [1.29, 1.82) is 0 Å². The number of ether oxygens (including phenoxy) is 1. The summed E-state index contributed by atoms with van der Waals surface area (Å²) in [7, 11) is 0. The smallest absolute Gasteiger partial charge is 0.412 e. The Balaban J connectivity index is 1.21. The van der Waals surface area contributed by atoms with Crippen molar-refractivity contribution in [3.8, 4) is 11.8 Å². The number of carbonyl (C=O) groups excluding carboxylic acids is 1. The summed E-state index contributed by atoms with van der Waals surface area (Å²) in [5, 5.41) is 16.2. The third-order valence-electron chi connectivity index (χ3n) is 6.29. The number of hydrogen-bond donors (Lipinski definition) is 2. The number of rotatable bonds is 6. The molecular weight excluding hydrogens is 468 g/mol. The van der Waals surface area contributed by atoms with E-state index in [4.69, 9.17) is 18.1 Å². The van der Waals surface area contributed by atoms with Crippen LogP contribution in [0, 0.1) is 11.8 Å². The minimum absolute atomic E-state index is 0.00132. The van der Waals surface area contributed by atoms with Gasteiger partial charge >= 0.3 is 17.8 Å². The average Bonchev–Trinajstić information content (AvgIpc) is 3.76. The van der Waals surface area contributed by atoms with Gasteiger partial charge in [0.05, 0.1) is 0 Å². The topological polar surface area (TPSA) is 154 Å². The Kier molecular flexibility index (Phi) is 5.03. The van der Waals surface area contributed by atoms with Crippen molar-refractivity contribution >= 4 is 29.2 Å². The second-order valence-electron chi connectivity index (χ2n) is 8.92. The van der Waals surface area contributed by atoms with Gasteiger partial charge in [-0.2, -0.15) is 9.97 Å². The van der Waals surface area contributed by atoms with E-state index >= 15 is 0 Å². The third-order valence-corrected chi connectivity index (χ3v) is 6.29. The Bertz CT molecular complexity index is 1500. The number of nitrogens with one attached hydrogen (secondary N) is 1. The maximum absolute atomic E-state index is 12.6. The van der Waals surface area contributed by atoms with E-state index in [2.05, 4.69) is 32.3 Å². The van der Waals surface area contributed by atoms with Crippen LogP contribution in [0.1, 0.15) is 73.4 Å². The van der Waals surface area contributed by atoms with Gasteiger partial charge in [-0.15, -0.1) is 0 Å². The third kappa shape index (κ3) is 3.96. The lowest BCUT2D eigenvalue weighted by Gasteiger charge is -2.14. The number of anilines is 1. The molecule has 3 heterocycles. The molecule has 3 aromatic heterocycles. The molecule has 2 aliphatic rings. The average molecular weight is 488 g/mol. The molecule has 2 N–H and O–H groups in total. The molecule has 2 aliphatic carbocycles. The van der Waals surface area contributed by atoms with Crippen LogP contribution in [0.3, 0.4) is 0 Å². The highest BCUT2D eigenvalue weighted by Gasteiger charge is 2.56. The monoisotopic (exact) mass is 488 g/mol. The van der Waals surface area contributed by atoms with Gasteiger partial charge in [0.25, 0.3) is 5.89 Å². The second-order valence-corrected chi connectivity index (χ2v) is 8.92. The Morgan fingerprint density at radius 3 is 2.61 bits per heavy atom. The summed E-state index contributed by atoms with van der Waals surface area (Å²) in [6.45, 7) is 1.78. The van der Waals surface area contributed by atoms with Gasteiger partial charge in [0, 0.05) is 11.8 Å². The molecule has 0 bridgehead atoms. The Labute approximate surface area is 203 Å². The van der Waals surface area contributed by atoms with Crippen LogP contribution in [0.2, 0.25) is 0 Å². The fourth-order valence-corrected chi connectivity index (χ4v) is 3.88. The molecule has 36 heavy (non-hydrogen) atoms. The summed E-state index contributed by atoms with van der Waals surface area (Å²) in [4.78, 5) is 32.4. The number of aromatic nitrogens is 3. The molecule has 0 spiro atoms. The maximum atomic E-state index is 12.6. The lowest BCUT2D eigenvalue weighted by Crippen LogP contribution is -2.19. The van der Waals surface area contributed by atoms with Crippen LogP contribution in [0.5, 0.6) is 0 Å². The molecule has 2 fully saturated rings. The molecule has 4 aromatic rings. The first-order valence-electron chi connectivity index (χ1n) is 11.5. The summed E-state index contributed by atoms with van der Waals surface area (Å²) in [6.07, 6.45) is 1.67.